The van der Waals surface area contributed by atoms with E-state index < -0.39 is 11.6 Å². The summed E-state index contributed by atoms with van der Waals surface area (Å²) in [5, 5.41) is 12.9. The van der Waals surface area contributed by atoms with E-state index in [-0.39, 0.29) is 17.2 Å². The van der Waals surface area contributed by atoms with E-state index in [9.17, 15) is 8.78 Å². The van der Waals surface area contributed by atoms with E-state index >= 15 is 0 Å². The zero-order chi connectivity index (χ0) is 13.3. The highest BCUT2D eigenvalue weighted by Crippen LogP contribution is 2.29. The third kappa shape index (κ3) is 1.91. The van der Waals surface area contributed by atoms with Crippen molar-refractivity contribution in [1.82, 2.24) is 9.78 Å². The molecular weight excluding hydrogens is 240 g/mol. The van der Waals surface area contributed by atoms with E-state index in [1.54, 1.807) is 14.0 Å². The number of hydrogen-bond acceptors (Lipinski definition) is 3. The molecule has 18 heavy (non-hydrogen) atoms. The van der Waals surface area contributed by atoms with Crippen LogP contribution in [0.3, 0.4) is 0 Å². The minimum atomic E-state index is -1.10. The van der Waals surface area contributed by atoms with Gasteiger partial charge in [0.05, 0.1) is 5.69 Å². The Bertz CT molecular complexity index is 644. The van der Waals surface area contributed by atoms with Gasteiger partial charge in [0.2, 0.25) is 11.7 Å². The van der Waals surface area contributed by atoms with Gasteiger partial charge in [-0.05, 0) is 19.1 Å². The van der Waals surface area contributed by atoms with Gasteiger partial charge in [-0.2, -0.15) is 14.8 Å². The first-order chi connectivity index (χ1) is 8.54. The summed E-state index contributed by atoms with van der Waals surface area (Å²) in [6.07, 6.45) is 0. The Hall–Kier alpha value is -2.42. The molecule has 1 aromatic heterocycles. The number of nitrogens with zero attached hydrogens (tertiary/aromatic N) is 3. The predicted molar refractivity (Wildman–Crippen MR) is 59.1 cm³/mol. The van der Waals surface area contributed by atoms with Gasteiger partial charge in [0.15, 0.2) is 11.6 Å². The van der Waals surface area contributed by atoms with Gasteiger partial charge in [-0.1, -0.05) is 6.07 Å². The quantitative estimate of drug-likeness (QED) is 0.822. The van der Waals surface area contributed by atoms with Crippen molar-refractivity contribution >= 4 is 0 Å². The molecule has 0 spiro atoms. The highest BCUT2D eigenvalue weighted by Gasteiger charge is 2.17. The van der Waals surface area contributed by atoms with Gasteiger partial charge in [0, 0.05) is 7.05 Å². The molecule has 0 N–H and O–H groups in total. The molecule has 0 fully saturated rings. The highest BCUT2D eigenvalue weighted by molar-refractivity contribution is 5.44. The summed E-state index contributed by atoms with van der Waals surface area (Å²) in [5.41, 5.74) is 0.660. The zero-order valence-electron chi connectivity index (χ0n) is 9.74. The maximum Gasteiger partial charge on any atom is 0.236 e. The number of ether oxygens (including phenoxy) is 1. The van der Waals surface area contributed by atoms with Gasteiger partial charge in [0.25, 0.3) is 0 Å². The molecule has 0 atom stereocenters. The third-order valence-electron chi connectivity index (χ3n) is 2.40. The van der Waals surface area contributed by atoms with Crippen LogP contribution < -0.4 is 4.74 Å². The first kappa shape index (κ1) is 12.0. The molecule has 2 aromatic rings. The Labute approximate surface area is 102 Å². The van der Waals surface area contributed by atoms with E-state index in [4.69, 9.17) is 10.00 Å². The molecule has 4 nitrogen and oxygen atoms in total. The van der Waals surface area contributed by atoms with E-state index in [2.05, 4.69) is 5.10 Å². The summed E-state index contributed by atoms with van der Waals surface area (Å²) in [6.45, 7) is 1.63. The highest BCUT2D eigenvalue weighted by atomic mass is 19.2. The van der Waals surface area contributed by atoms with Gasteiger partial charge in [0.1, 0.15) is 11.6 Å². The Morgan fingerprint density at radius 3 is 2.78 bits per heavy atom. The fraction of sp³-hybridized carbons (Fsp3) is 0.167. The van der Waals surface area contributed by atoms with E-state index in [0.29, 0.717) is 5.69 Å². The molecule has 0 aliphatic heterocycles. The molecule has 0 radical (unpaired) electrons. The SMILES string of the molecule is Cc1nn(C)c(Oc2cccc(F)c2F)c1C#N. The second kappa shape index (κ2) is 4.45. The van der Waals surface area contributed by atoms with Crippen molar-refractivity contribution in [2.24, 2.45) is 7.05 Å². The zero-order valence-corrected chi connectivity index (χ0v) is 9.74. The summed E-state index contributed by atoms with van der Waals surface area (Å²) in [7, 11) is 1.56. The Balaban J connectivity index is 2.47. The average molecular weight is 249 g/mol. The van der Waals surface area contributed by atoms with Crippen LogP contribution in [0.4, 0.5) is 8.78 Å². The minimum absolute atomic E-state index is 0.0829. The Kier molecular flexibility index (Phi) is 2.98. The van der Waals surface area contributed by atoms with Gasteiger partial charge in [-0.15, -0.1) is 0 Å². The molecule has 0 unspecified atom stereocenters. The van der Waals surface area contributed by atoms with Gasteiger partial charge in [-0.25, -0.2) is 9.07 Å². The lowest BCUT2D eigenvalue weighted by Crippen LogP contribution is -1.98. The van der Waals surface area contributed by atoms with Crippen LogP contribution in [0.25, 0.3) is 0 Å². The maximum atomic E-state index is 13.4. The number of rotatable bonds is 2. The van der Waals surface area contributed by atoms with Crippen LogP contribution in [-0.2, 0) is 7.05 Å². The van der Waals surface area contributed by atoms with Crippen molar-refractivity contribution in [3.05, 3.63) is 41.1 Å². The second-order valence-corrected chi connectivity index (χ2v) is 3.65. The summed E-state index contributed by atoms with van der Waals surface area (Å²) in [6, 6.07) is 5.50. The van der Waals surface area contributed by atoms with E-state index in [0.717, 1.165) is 6.07 Å². The van der Waals surface area contributed by atoms with Crippen molar-refractivity contribution in [3.8, 4) is 17.7 Å². The monoisotopic (exact) mass is 249 g/mol. The number of benzene rings is 1. The van der Waals surface area contributed by atoms with Crippen molar-refractivity contribution in [2.75, 3.05) is 0 Å². The van der Waals surface area contributed by atoms with Crippen molar-refractivity contribution in [2.45, 2.75) is 6.92 Å². The molecule has 0 aliphatic rings. The molecule has 6 heteroatoms. The number of aryl methyl sites for hydroxylation is 2. The van der Waals surface area contributed by atoms with Crippen LogP contribution in [0.15, 0.2) is 18.2 Å². The van der Waals surface area contributed by atoms with Crippen LogP contribution in [0.2, 0.25) is 0 Å². The van der Waals surface area contributed by atoms with Gasteiger partial charge >= 0.3 is 0 Å². The number of nitriles is 1. The van der Waals surface area contributed by atoms with Gasteiger partial charge in [-0.3, -0.25) is 0 Å². The fourth-order valence-corrected chi connectivity index (χ4v) is 1.55. The average Bonchev–Trinajstić information content (AvgIpc) is 2.59. The summed E-state index contributed by atoms with van der Waals surface area (Å²) in [5.74, 6) is -2.31. The fourth-order valence-electron chi connectivity index (χ4n) is 1.55. The molecule has 0 bridgehead atoms. The maximum absolute atomic E-state index is 13.4. The van der Waals surface area contributed by atoms with Crippen molar-refractivity contribution < 1.29 is 13.5 Å². The molecule has 0 saturated carbocycles. The molecule has 1 aromatic carbocycles. The molecule has 1 heterocycles. The molecule has 0 amide bonds. The second-order valence-electron chi connectivity index (χ2n) is 3.65. The first-order valence-corrected chi connectivity index (χ1v) is 5.10. The largest absolute Gasteiger partial charge is 0.435 e. The topological polar surface area (TPSA) is 50.8 Å². The summed E-state index contributed by atoms with van der Waals surface area (Å²) in [4.78, 5) is 0. The van der Waals surface area contributed by atoms with Gasteiger partial charge < -0.3 is 4.74 Å². The predicted octanol–water partition coefficient (Wildman–Crippen LogP) is 2.67. The molecule has 2 rings (SSSR count). The lowest BCUT2D eigenvalue weighted by atomic mass is 10.3. The van der Waals surface area contributed by atoms with Crippen LogP contribution in [0.1, 0.15) is 11.3 Å². The van der Waals surface area contributed by atoms with Crippen LogP contribution in [0.5, 0.6) is 11.6 Å². The molecule has 92 valence electrons. The first-order valence-electron chi connectivity index (χ1n) is 5.10. The van der Waals surface area contributed by atoms with E-state index in [1.807, 2.05) is 6.07 Å². The Morgan fingerprint density at radius 2 is 2.11 bits per heavy atom. The minimum Gasteiger partial charge on any atom is -0.435 e. The molecular formula is C12H9F2N3O. The Morgan fingerprint density at radius 1 is 1.39 bits per heavy atom. The van der Waals surface area contributed by atoms with E-state index in [1.165, 1.54) is 16.8 Å². The van der Waals surface area contributed by atoms with Crippen molar-refractivity contribution in [1.29, 1.82) is 5.26 Å². The van der Waals surface area contributed by atoms with Crippen LogP contribution in [0, 0.1) is 29.9 Å². The summed E-state index contributed by atoms with van der Waals surface area (Å²) < 4.78 is 33.0. The number of aromatic nitrogens is 2. The van der Waals surface area contributed by atoms with Crippen molar-refractivity contribution in [3.63, 3.8) is 0 Å². The van der Waals surface area contributed by atoms with Crippen LogP contribution in [-0.4, -0.2) is 9.78 Å². The summed E-state index contributed by atoms with van der Waals surface area (Å²) >= 11 is 0. The number of hydrogen-bond donors (Lipinski definition) is 0. The molecule has 0 saturated heterocycles. The third-order valence-corrected chi connectivity index (χ3v) is 2.40. The van der Waals surface area contributed by atoms with Crippen LogP contribution >= 0.6 is 0 Å². The number of halogens is 2. The molecule has 0 aliphatic carbocycles. The normalized spacial score (nSPS) is 10.2. The smallest absolute Gasteiger partial charge is 0.236 e. The standard InChI is InChI=1S/C12H9F2N3O/c1-7-8(6-15)12(17(2)16-7)18-10-5-3-4-9(13)11(10)14/h3-5H,1-2H3. The lowest BCUT2D eigenvalue weighted by Gasteiger charge is -2.07. The lowest BCUT2D eigenvalue weighted by molar-refractivity contribution is 0.387.